The van der Waals surface area contributed by atoms with Crippen molar-refractivity contribution >= 4 is 10.9 Å². The highest BCUT2D eigenvalue weighted by Crippen LogP contribution is 2.36. The maximum absolute atomic E-state index is 13.3. The average molecular weight is 460 g/mol. The Balaban J connectivity index is 1.41. The Kier molecular flexibility index (Phi) is 5.44. The van der Waals surface area contributed by atoms with Crippen LogP contribution in [0.1, 0.15) is 23.0 Å². The summed E-state index contributed by atoms with van der Waals surface area (Å²) in [5.41, 5.74) is 2.30. The summed E-state index contributed by atoms with van der Waals surface area (Å²) in [5.74, 6) is 1.94. The van der Waals surface area contributed by atoms with Crippen LogP contribution in [-0.4, -0.2) is 63.2 Å². The number of aromatic amines is 1. The number of benzene rings is 2. The Morgan fingerprint density at radius 1 is 1.03 bits per heavy atom. The van der Waals surface area contributed by atoms with Gasteiger partial charge in [0.05, 0.1) is 18.7 Å². The molecule has 6 rings (SSSR count). The third kappa shape index (κ3) is 3.91. The monoisotopic (exact) mass is 460 g/mol. The van der Waals surface area contributed by atoms with Crippen molar-refractivity contribution < 1.29 is 14.2 Å². The van der Waals surface area contributed by atoms with Gasteiger partial charge in [0, 0.05) is 36.7 Å². The molecule has 4 heterocycles. The lowest BCUT2D eigenvalue weighted by atomic mass is 10.0. The summed E-state index contributed by atoms with van der Waals surface area (Å²) in [6, 6.07) is 15.4. The van der Waals surface area contributed by atoms with E-state index in [0.29, 0.717) is 61.3 Å². The van der Waals surface area contributed by atoms with Crippen LogP contribution in [0.2, 0.25) is 0 Å². The first-order chi connectivity index (χ1) is 16.8. The highest BCUT2D eigenvalue weighted by Gasteiger charge is 2.31. The minimum Gasteiger partial charge on any atom is -0.454 e. The Labute approximate surface area is 195 Å². The van der Waals surface area contributed by atoms with Gasteiger partial charge in [-0.05, 0) is 34.5 Å². The second kappa shape index (κ2) is 8.88. The number of rotatable bonds is 6. The molecule has 10 nitrogen and oxygen atoms in total. The fourth-order valence-corrected chi connectivity index (χ4v) is 4.60. The summed E-state index contributed by atoms with van der Waals surface area (Å²) in [5, 5.41) is 13.5. The zero-order valence-electron chi connectivity index (χ0n) is 18.5. The summed E-state index contributed by atoms with van der Waals surface area (Å²) < 4.78 is 18.4. The van der Waals surface area contributed by atoms with Gasteiger partial charge in [-0.25, -0.2) is 4.68 Å². The highest BCUT2D eigenvalue weighted by molar-refractivity contribution is 5.83. The van der Waals surface area contributed by atoms with Crippen LogP contribution < -0.4 is 15.0 Å². The topological polar surface area (TPSA) is 107 Å². The molecule has 174 valence electrons. The van der Waals surface area contributed by atoms with Gasteiger partial charge < -0.3 is 19.2 Å². The maximum atomic E-state index is 13.3. The number of H-pyrrole nitrogens is 1. The Hall–Kier alpha value is -3.76. The normalized spacial score (nSPS) is 16.7. The molecule has 1 atom stereocenters. The number of ether oxygens (including phenoxy) is 3. The second-order valence-electron chi connectivity index (χ2n) is 8.39. The molecule has 0 unspecified atom stereocenters. The molecule has 2 aliphatic rings. The van der Waals surface area contributed by atoms with Crippen LogP contribution in [0.3, 0.4) is 0 Å². The lowest BCUT2D eigenvalue weighted by molar-refractivity contribution is 0.0214. The number of morpholine rings is 1. The molecule has 1 fully saturated rings. The first-order valence-electron chi connectivity index (χ1n) is 11.3. The number of fused-ring (bicyclic) bond motifs is 2. The van der Waals surface area contributed by atoms with Gasteiger partial charge in [0.15, 0.2) is 17.3 Å². The molecule has 1 N–H and O–H groups in total. The second-order valence-corrected chi connectivity index (χ2v) is 8.39. The number of tetrazole rings is 1. The van der Waals surface area contributed by atoms with Gasteiger partial charge >= 0.3 is 0 Å². The van der Waals surface area contributed by atoms with Crippen LogP contribution in [0, 0.1) is 0 Å². The predicted molar refractivity (Wildman–Crippen MR) is 123 cm³/mol. The Bertz CT molecular complexity index is 1360. The van der Waals surface area contributed by atoms with Gasteiger partial charge in [-0.1, -0.05) is 30.3 Å². The number of hydrogen-bond acceptors (Lipinski definition) is 8. The van der Waals surface area contributed by atoms with Crippen LogP contribution in [0.4, 0.5) is 0 Å². The standard InChI is InChI=1S/C24H24N6O4/c31-24-18(12-17-13-20-21(34-15-33-20)14-19(17)25-24)22(29-8-10-32-11-9-29)23-26-27-28-30(23)7-6-16-4-2-1-3-5-16/h1-5,12-14,22H,6-11,15H2,(H,25,31)/t22-/m0/s1. The maximum Gasteiger partial charge on any atom is 0.253 e. The van der Waals surface area contributed by atoms with Crippen LogP contribution in [0.5, 0.6) is 11.5 Å². The van der Waals surface area contributed by atoms with Crippen molar-refractivity contribution in [1.29, 1.82) is 0 Å². The van der Waals surface area contributed by atoms with E-state index in [1.807, 2.05) is 30.3 Å². The molecule has 4 aromatic rings. The van der Waals surface area contributed by atoms with Crippen LogP contribution in [0.15, 0.2) is 53.3 Å². The van der Waals surface area contributed by atoms with Crippen molar-refractivity contribution in [3.8, 4) is 11.5 Å². The molecule has 0 spiro atoms. The first-order valence-corrected chi connectivity index (χ1v) is 11.3. The van der Waals surface area contributed by atoms with Gasteiger partial charge in [-0.3, -0.25) is 9.69 Å². The molecule has 2 aromatic carbocycles. The minimum absolute atomic E-state index is 0.176. The SMILES string of the molecule is O=c1[nH]c2cc3c(cc2cc1[C@@H](c1nnnn1CCc1ccccc1)N1CCOCC1)OCO3. The van der Waals surface area contributed by atoms with Crippen molar-refractivity contribution in [3.05, 3.63) is 75.8 Å². The van der Waals surface area contributed by atoms with E-state index in [1.54, 1.807) is 10.7 Å². The average Bonchev–Trinajstić information content (AvgIpc) is 3.52. The van der Waals surface area contributed by atoms with E-state index in [-0.39, 0.29) is 12.4 Å². The molecule has 0 bridgehead atoms. The first kappa shape index (κ1) is 20.8. The van der Waals surface area contributed by atoms with Gasteiger partial charge in [-0.15, -0.1) is 5.10 Å². The largest absolute Gasteiger partial charge is 0.454 e. The van der Waals surface area contributed by atoms with E-state index >= 15 is 0 Å². The highest BCUT2D eigenvalue weighted by atomic mass is 16.7. The fourth-order valence-electron chi connectivity index (χ4n) is 4.60. The van der Waals surface area contributed by atoms with Gasteiger partial charge in [0.2, 0.25) is 6.79 Å². The molecular formula is C24H24N6O4. The molecule has 0 radical (unpaired) electrons. The van der Waals surface area contributed by atoms with Gasteiger partial charge in [0.1, 0.15) is 6.04 Å². The van der Waals surface area contributed by atoms with E-state index in [0.717, 1.165) is 11.8 Å². The molecular weight excluding hydrogens is 436 g/mol. The molecule has 1 saturated heterocycles. The van der Waals surface area contributed by atoms with Gasteiger partial charge in [-0.2, -0.15) is 0 Å². The molecule has 0 aliphatic carbocycles. The van der Waals surface area contributed by atoms with Crippen LogP contribution in [-0.2, 0) is 17.7 Å². The van der Waals surface area contributed by atoms with E-state index in [1.165, 1.54) is 5.56 Å². The van der Waals surface area contributed by atoms with Crippen molar-refractivity contribution in [3.63, 3.8) is 0 Å². The van der Waals surface area contributed by atoms with Crippen LogP contribution >= 0.6 is 0 Å². The van der Waals surface area contributed by atoms with E-state index in [9.17, 15) is 4.79 Å². The number of hydrogen-bond donors (Lipinski definition) is 1. The Morgan fingerprint density at radius 2 is 1.82 bits per heavy atom. The van der Waals surface area contributed by atoms with Crippen molar-refractivity contribution in [2.24, 2.45) is 0 Å². The summed E-state index contributed by atoms with van der Waals surface area (Å²) in [4.78, 5) is 18.6. The van der Waals surface area contributed by atoms with E-state index in [2.05, 4.69) is 37.5 Å². The molecule has 0 saturated carbocycles. The summed E-state index contributed by atoms with van der Waals surface area (Å²) >= 11 is 0. The van der Waals surface area contributed by atoms with E-state index < -0.39 is 6.04 Å². The number of aromatic nitrogens is 5. The fraction of sp³-hybridized carbons (Fsp3) is 0.333. The van der Waals surface area contributed by atoms with Crippen LogP contribution in [0.25, 0.3) is 10.9 Å². The van der Waals surface area contributed by atoms with Crippen molar-refractivity contribution in [2.45, 2.75) is 19.0 Å². The zero-order valence-corrected chi connectivity index (χ0v) is 18.5. The molecule has 2 aromatic heterocycles. The van der Waals surface area contributed by atoms with Gasteiger partial charge in [0.25, 0.3) is 5.56 Å². The lowest BCUT2D eigenvalue weighted by Gasteiger charge is -2.33. The lowest BCUT2D eigenvalue weighted by Crippen LogP contribution is -2.42. The summed E-state index contributed by atoms with van der Waals surface area (Å²) in [6.45, 7) is 3.31. The molecule has 10 heteroatoms. The predicted octanol–water partition coefficient (Wildman–Crippen LogP) is 1.91. The molecule has 34 heavy (non-hydrogen) atoms. The summed E-state index contributed by atoms with van der Waals surface area (Å²) in [7, 11) is 0. The third-order valence-electron chi connectivity index (χ3n) is 6.33. The minimum atomic E-state index is -0.409. The van der Waals surface area contributed by atoms with Crippen molar-refractivity contribution in [2.75, 3.05) is 33.1 Å². The molecule has 0 amide bonds. The summed E-state index contributed by atoms with van der Waals surface area (Å²) in [6.07, 6.45) is 0.784. The number of nitrogens with one attached hydrogen (secondary N) is 1. The van der Waals surface area contributed by atoms with Crippen molar-refractivity contribution in [1.82, 2.24) is 30.1 Å². The number of nitrogens with zero attached hydrogens (tertiary/aromatic N) is 5. The van der Waals surface area contributed by atoms with E-state index in [4.69, 9.17) is 14.2 Å². The number of pyridine rings is 1. The quantitative estimate of drug-likeness (QED) is 0.465. The molecule has 2 aliphatic heterocycles. The zero-order chi connectivity index (χ0) is 22.9. The third-order valence-corrected chi connectivity index (χ3v) is 6.33. The number of aryl methyl sites for hydroxylation is 2. The Morgan fingerprint density at radius 3 is 2.65 bits per heavy atom. The smallest absolute Gasteiger partial charge is 0.253 e.